The number of carbonyl (C=O) groups is 1. The van der Waals surface area contributed by atoms with Gasteiger partial charge in [0.1, 0.15) is 0 Å². The van der Waals surface area contributed by atoms with Crippen LogP contribution in [0.1, 0.15) is 23.2 Å². The first-order valence-corrected chi connectivity index (χ1v) is 6.39. The Morgan fingerprint density at radius 1 is 1.47 bits per heavy atom. The number of hydrogen-bond donors (Lipinski definition) is 1. The number of nitrogen functional groups attached to an aromatic ring is 1. The fourth-order valence-corrected chi connectivity index (χ4v) is 2.55. The van der Waals surface area contributed by atoms with E-state index in [1.54, 1.807) is 12.1 Å². The van der Waals surface area contributed by atoms with Crippen molar-refractivity contribution in [2.45, 2.75) is 18.9 Å². The number of anilines is 1. The maximum atomic E-state index is 12.4. The van der Waals surface area contributed by atoms with Gasteiger partial charge in [-0.3, -0.25) is 4.79 Å². The third-order valence-corrected chi connectivity index (χ3v) is 3.35. The minimum Gasteiger partial charge on any atom is -0.399 e. The Bertz CT molecular complexity index is 436. The van der Waals surface area contributed by atoms with E-state index in [1.165, 1.54) is 0 Å². The van der Waals surface area contributed by atoms with Crippen LogP contribution in [0, 0.1) is 0 Å². The summed E-state index contributed by atoms with van der Waals surface area (Å²) in [5.74, 6) is 0.103. The van der Waals surface area contributed by atoms with E-state index in [1.807, 2.05) is 31.1 Å². The Hall–Kier alpha value is -1.26. The molecule has 19 heavy (non-hydrogen) atoms. The van der Waals surface area contributed by atoms with Crippen LogP contribution in [-0.4, -0.2) is 48.9 Å². The van der Waals surface area contributed by atoms with Crippen LogP contribution >= 0.6 is 12.4 Å². The summed E-state index contributed by atoms with van der Waals surface area (Å²) in [4.78, 5) is 16.6. The van der Waals surface area contributed by atoms with Crippen molar-refractivity contribution < 1.29 is 4.79 Å². The average molecular weight is 284 g/mol. The van der Waals surface area contributed by atoms with Gasteiger partial charge in [-0.2, -0.15) is 0 Å². The molecule has 1 heterocycles. The summed E-state index contributed by atoms with van der Waals surface area (Å²) in [6.45, 7) is 1.78. The molecule has 1 aromatic carbocycles. The molecule has 106 valence electrons. The first-order chi connectivity index (χ1) is 8.58. The fraction of sp³-hybridized carbons (Fsp3) is 0.500. The first kappa shape index (κ1) is 15.8. The third kappa shape index (κ3) is 3.85. The van der Waals surface area contributed by atoms with Gasteiger partial charge in [-0.05, 0) is 45.1 Å². The van der Waals surface area contributed by atoms with Crippen molar-refractivity contribution in [1.82, 2.24) is 9.80 Å². The molecular weight excluding hydrogens is 262 g/mol. The lowest BCUT2D eigenvalue weighted by Crippen LogP contribution is -2.41. The molecule has 1 aliphatic rings. The number of hydrogen-bond acceptors (Lipinski definition) is 3. The molecule has 1 unspecified atom stereocenters. The maximum Gasteiger partial charge on any atom is 0.254 e. The fourth-order valence-electron chi connectivity index (χ4n) is 2.55. The smallest absolute Gasteiger partial charge is 0.254 e. The number of carbonyl (C=O) groups excluding carboxylic acids is 1. The van der Waals surface area contributed by atoms with E-state index in [0.717, 1.165) is 25.9 Å². The minimum absolute atomic E-state index is 0. The number of rotatable bonds is 3. The number of benzene rings is 1. The Kier molecular flexibility index (Phi) is 5.63. The van der Waals surface area contributed by atoms with Gasteiger partial charge in [0.05, 0.1) is 0 Å². The summed E-state index contributed by atoms with van der Waals surface area (Å²) in [6.07, 6.45) is 2.18. The van der Waals surface area contributed by atoms with Crippen molar-refractivity contribution in [2.75, 3.05) is 32.9 Å². The lowest BCUT2D eigenvalue weighted by molar-refractivity contribution is 0.0716. The number of nitrogens with two attached hydrogens (primary N) is 1. The lowest BCUT2D eigenvalue weighted by atomic mass is 10.1. The van der Waals surface area contributed by atoms with Crippen LogP contribution in [-0.2, 0) is 0 Å². The zero-order chi connectivity index (χ0) is 13.1. The van der Waals surface area contributed by atoms with Gasteiger partial charge in [-0.25, -0.2) is 0 Å². The summed E-state index contributed by atoms with van der Waals surface area (Å²) in [6, 6.07) is 7.56. The summed E-state index contributed by atoms with van der Waals surface area (Å²) in [5.41, 5.74) is 7.07. The molecule has 4 nitrogen and oxygen atoms in total. The quantitative estimate of drug-likeness (QED) is 0.862. The van der Waals surface area contributed by atoms with E-state index in [2.05, 4.69) is 4.90 Å². The number of likely N-dealkylation sites (tertiary alicyclic amines) is 1. The van der Waals surface area contributed by atoms with Gasteiger partial charge in [0, 0.05) is 30.4 Å². The Morgan fingerprint density at radius 2 is 2.21 bits per heavy atom. The van der Waals surface area contributed by atoms with Crippen molar-refractivity contribution in [3.8, 4) is 0 Å². The normalized spacial score (nSPS) is 18.5. The molecular formula is C14H22ClN3O. The van der Waals surface area contributed by atoms with Crippen molar-refractivity contribution in [2.24, 2.45) is 0 Å². The molecule has 2 N–H and O–H groups in total. The van der Waals surface area contributed by atoms with Crippen LogP contribution in [0.15, 0.2) is 24.3 Å². The first-order valence-electron chi connectivity index (χ1n) is 6.39. The van der Waals surface area contributed by atoms with Gasteiger partial charge in [0.2, 0.25) is 0 Å². The molecule has 1 aromatic rings. The van der Waals surface area contributed by atoms with Crippen LogP contribution < -0.4 is 5.73 Å². The number of likely N-dealkylation sites (N-methyl/N-ethyl adjacent to an activating group) is 1. The highest BCUT2D eigenvalue weighted by Gasteiger charge is 2.29. The van der Waals surface area contributed by atoms with Gasteiger partial charge in [-0.1, -0.05) is 6.07 Å². The third-order valence-electron chi connectivity index (χ3n) is 3.35. The molecule has 5 heteroatoms. The summed E-state index contributed by atoms with van der Waals surface area (Å²) in [5, 5.41) is 0. The highest BCUT2D eigenvalue weighted by Crippen LogP contribution is 2.21. The predicted octanol–water partition coefficient (Wildman–Crippen LogP) is 1.86. The molecule has 0 aliphatic carbocycles. The molecule has 0 saturated carbocycles. The van der Waals surface area contributed by atoms with E-state index in [-0.39, 0.29) is 18.3 Å². The van der Waals surface area contributed by atoms with Gasteiger partial charge in [-0.15, -0.1) is 12.4 Å². The van der Waals surface area contributed by atoms with Gasteiger partial charge < -0.3 is 15.5 Å². The van der Waals surface area contributed by atoms with E-state index < -0.39 is 0 Å². The molecule has 0 aromatic heterocycles. The van der Waals surface area contributed by atoms with Crippen molar-refractivity contribution >= 4 is 24.0 Å². The van der Waals surface area contributed by atoms with Gasteiger partial charge >= 0.3 is 0 Å². The zero-order valence-corrected chi connectivity index (χ0v) is 12.3. The number of halogens is 1. The van der Waals surface area contributed by atoms with Crippen LogP contribution in [0.25, 0.3) is 0 Å². The lowest BCUT2D eigenvalue weighted by Gasteiger charge is -2.27. The Morgan fingerprint density at radius 3 is 2.84 bits per heavy atom. The van der Waals surface area contributed by atoms with Crippen molar-refractivity contribution in [3.05, 3.63) is 29.8 Å². The van der Waals surface area contributed by atoms with Gasteiger partial charge in [0.15, 0.2) is 0 Å². The topological polar surface area (TPSA) is 49.6 Å². The number of amides is 1. The summed E-state index contributed by atoms with van der Waals surface area (Å²) < 4.78 is 0. The van der Waals surface area contributed by atoms with E-state index in [0.29, 0.717) is 17.3 Å². The zero-order valence-electron chi connectivity index (χ0n) is 11.5. The second-order valence-corrected chi connectivity index (χ2v) is 5.18. The standard InChI is InChI=1S/C14H21N3O.ClH/c1-16(2)10-13-7-4-8-17(13)14(18)11-5-3-6-12(15)9-11;/h3,5-6,9,13H,4,7-8,10,15H2,1-2H3;1H. The predicted molar refractivity (Wildman–Crippen MR) is 80.7 cm³/mol. The van der Waals surface area contributed by atoms with Crippen LogP contribution in [0.4, 0.5) is 5.69 Å². The van der Waals surface area contributed by atoms with Crippen LogP contribution in [0.5, 0.6) is 0 Å². The van der Waals surface area contributed by atoms with Crippen molar-refractivity contribution in [3.63, 3.8) is 0 Å². The molecule has 1 fully saturated rings. The minimum atomic E-state index is 0. The molecule has 1 amide bonds. The number of nitrogens with zero attached hydrogens (tertiary/aromatic N) is 2. The summed E-state index contributed by atoms with van der Waals surface area (Å²) >= 11 is 0. The van der Waals surface area contributed by atoms with Crippen LogP contribution in [0.2, 0.25) is 0 Å². The molecule has 2 rings (SSSR count). The molecule has 1 aliphatic heterocycles. The largest absolute Gasteiger partial charge is 0.399 e. The molecule has 0 spiro atoms. The average Bonchev–Trinajstić information content (AvgIpc) is 2.75. The summed E-state index contributed by atoms with van der Waals surface area (Å²) in [7, 11) is 4.09. The second-order valence-electron chi connectivity index (χ2n) is 5.18. The molecule has 0 radical (unpaired) electrons. The maximum absolute atomic E-state index is 12.4. The Balaban J connectivity index is 0.00000180. The van der Waals surface area contributed by atoms with Crippen molar-refractivity contribution in [1.29, 1.82) is 0 Å². The molecule has 1 saturated heterocycles. The van der Waals surface area contributed by atoms with E-state index >= 15 is 0 Å². The van der Waals surface area contributed by atoms with E-state index in [9.17, 15) is 4.79 Å². The van der Waals surface area contributed by atoms with E-state index in [4.69, 9.17) is 5.73 Å². The van der Waals surface area contributed by atoms with Crippen LogP contribution in [0.3, 0.4) is 0 Å². The van der Waals surface area contributed by atoms with Gasteiger partial charge in [0.25, 0.3) is 5.91 Å². The SMILES string of the molecule is CN(C)CC1CCCN1C(=O)c1cccc(N)c1.Cl. The highest BCUT2D eigenvalue weighted by molar-refractivity contribution is 5.95. The second kappa shape index (κ2) is 6.78. The molecule has 0 bridgehead atoms. The highest BCUT2D eigenvalue weighted by atomic mass is 35.5. The monoisotopic (exact) mass is 283 g/mol. The Labute approximate surface area is 121 Å². The molecule has 1 atom stereocenters.